The molecule has 1 fully saturated rings. The normalized spacial score (nSPS) is 17.9. The van der Waals surface area contributed by atoms with Crippen LogP contribution < -0.4 is 5.32 Å². The molecule has 1 aliphatic rings. The minimum atomic E-state index is -0.629. The molecule has 2 amide bonds. The average Bonchev–Trinajstić information content (AvgIpc) is 2.40. The highest BCUT2D eigenvalue weighted by Crippen LogP contribution is 2.22. The molecule has 0 saturated carbocycles. The van der Waals surface area contributed by atoms with E-state index < -0.39 is 5.60 Å². The van der Waals surface area contributed by atoms with Crippen molar-refractivity contribution in [2.24, 2.45) is 0 Å². The molecule has 1 saturated heterocycles. The molecular formula is C15H21BrN2O2. The summed E-state index contributed by atoms with van der Waals surface area (Å²) in [5.74, 6) is 0. The van der Waals surface area contributed by atoms with Crippen molar-refractivity contribution in [2.75, 3.05) is 13.1 Å². The van der Waals surface area contributed by atoms with Crippen LogP contribution in [0.2, 0.25) is 0 Å². The molecule has 1 heterocycles. The fraction of sp³-hybridized carbons (Fsp3) is 0.533. The van der Waals surface area contributed by atoms with E-state index >= 15 is 0 Å². The van der Waals surface area contributed by atoms with E-state index in [9.17, 15) is 9.90 Å². The molecule has 5 heteroatoms. The molecule has 20 heavy (non-hydrogen) atoms. The number of aliphatic hydroxyl groups is 1. The minimum absolute atomic E-state index is 0.0612. The molecule has 0 aliphatic carbocycles. The highest BCUT2D eigenvalue weighted by atomic mass is 79.9. The van der Waals surface area contributed by atoms with Crippen molar-refractivity contribution in [3.8, 4) is 0 Å². The first kappa shape index (κ1) is 15.3. The third-order valence-corrected chi connectivity index (χ3v) is 4.96. The zero-order valence-corrected chi connectivity index (χ0v) is 13.5. The molecule has 2 rings (SSSR count). The van der Waals surface area contributed by atoms with E-state index in [-0.39, 0.29) is 6.03 Å². The van der Waals surface area contributed by atoms with Crippen LogP contribution in [0.4, 0.5) is 4.79 Å². The van der Waals surface area contributed by atoms with Gasteiger partial charge in [0.25, 0.3) is 0 Å². The van der Waals surface area contributed by atoms with Crippen molar-refractivity contribution in [1.82, 2.24) is 10.2 Å². The Morgan fingerprint density at radius 1 is 1.45 bits per heavy atom. The zero-order chi connectivity index (χ0) is 14.8. The predicted octanol–water partition coefficient (Wildman–Crippen LogP) is 2.81. The van der Waals surface area contributed by atoms with Crippen molar-refractivity contribution in [2.45, 2.75) is 38.8 Å². The Hall–Kier alpha value is -1.07. The van der Waals surface area contributed by atoms with Gasteiger partial charge in [-0.15, -0.1) is 0 Å². The van der Waals surface area contributed by atoms with E-state index in [4.69, 9.17) is 0 Å². The number of amides is 2. The summed E-state index contributed by atoms with van der Waals surface area (Å²) < 4.78 is 1.04. The Morgan fingerprint density at radius 3 is 2.75 bits per heavy atom. The smallest absolute Gasteiger partial charge is 0.317 e. The van der Waals surface area contributed by atoms with Crippen LogP contribution in [0, 0.1) is 6.92 Å². The Morgan fingerprint density at radius 2 is 2.10 bits per heavy atom. The van der Waals surface area contributed by atoms with E-state index in [1.165, 1.54) is 0 Å². The first-order valence-electron chi connectivity index (χ1n) is 6.88. The van der Waals surface area contributed by atoms with Gasteiger partial charge in [-0.1, -0.05) is 34.1 Å². The predicted molar refractivity (Wildman–Crippen MR) is 82.5 cm³/mol. The second-order valence-corrected chi connectivity index (χ2v) is 6.48. The number of nitrogens with zero attached hydrogens (tertiary/aromatic N) is 1. The van der Waals surface area contributed by atoms with Crippen molar-refractivity contribution in [3.63, 3.8) is 0 Å². The van der Waals surface area contributed by atoms with Crippen molar-refractivity contribution in [1.29, 1.82) is 0 Å². The fourth-order valence-corrected chi connectivity index (χ4v) is 2.72. The highest BCUT2D eigenvalue weighted by Gasteiger charge is 2.29. The van der Waals surface area contributed by atoms with Gasteiger partial charge >= 0.3 is 6.03 Å². The van der Waals surface area contributed by atoms with E-state index in [0.29, 0.717) is 32.5 Å². The van der Waals surface area contributed by atoms with Crippen LogP contribution in [0.3, 0.4) is 0 Å². The summed E-state index contributed by atoms with van der Waals surface area (Å²) >= 11 is 3.54. The molecule has 1 aromatic carbocycles. The number of urea groups is 1. The second-order valence-electron chi connectivity index (χ2n) is 5.69. The summed E-state index contributed by atoms with van der Waals surface area (Å²) in [6.07, 6.45) is 1.27. The number of halogens is 1. The van der Waals surface area contributed by atoms with Gasteiger partial charge in [-0.05, 0) is 37.8 Å². The van der Waals surface area contributed by atoms with Crippen molar-refractivity contribution >= 4 is 22.0 Å². The lowest BCUT2D eigenvalue weighted by atomic mass is 9.94. The van der Waals surface area contributed by atoms with Crippen LogP contribution in [-0.4, -0.2) is 34.7 Å². The summed E-state index contributed by atoms with van der Waals surface area (Å²) in [6.45, 7) is 5.57. The molecule has 0 spiro atoms. The van der Waals surface area contributed by atoms with Crippen LogP contribution in [0.15, 0.2) is 22.7 Å². The summed E-state index contributed by atoms with van der Waals surface area (Å²) in [4.78, 5) is 13.9. The molecule has 0 radical (unpaired) electrons. The van der Waals surface area contributed by atoms with Gasteiger partial charge in [-0.2, -0.15) is 0 Å². The molecule has 1 aliphatic heterocycles. The number of rotatable bonds is 2. The van der Waals surface area contributed by atoms with Crippen LogP contribution in [0.5, 0.6) is 0 Å². The lowest BCUT2D eigenvalue weighted by Gasteiger charge is -2.35. The number of hydrogen-bond acceptors (Lipinski definition) is 2. The molecule has 0 bridgehead atoms. The number of nitrogens with one attached hydrogen (secondary N) is 1. The standard InChI is InChI=1S/C15H21BrN2O2/c1-11-4-3-5-12(13(11)16)10-17-14(19)18-8-6-15(2,20)7-9-18/h3-5,20H,6-10H2,1-2H3,(H,17,19). The number of carbonyl (C=O) groups is 1. The van der Waals surface area contributed by atoms with Crippen molar-refractivity contribution < 1.29 is 9.90 Å². The largest absolute Gasteiger partial charge is 0.390 e. The average molecular weight is 341 g/mol. The Balaban J connectivity index is 1.88. The third-order valence-electron chi connectivity index (χ3n) is 3.83. The minimum Gasteiger partial charge on any atom is -0.390 e. The van der Waals surface area contributed by atoms with E-state index in [1.807, 2.05) is 32.0 Å². The first-order chi connectivity index (χ1) is 9.39. The number of likely N-dealkylation sites (tertiary alicyclic amines) is 1. The van der Waals surface area contributed by atoms with Gasteiger partial charge in [0.2, 0.25) is 0 Å². The first-order valence-corrected chi connectivity index (χ1v) is 7.67. The Kier molecular flexibility index (Phi) is 4.70. The van der Waals surface area contributed by atoms with Gasteiger partial charge in [-0.25, -0.2) is 4.79 Å². The quantitative estimate of drug-likeness (QED) is 0.869. The number of benzene rings is 1. The maximum Gasteiger partial charge on any atom is 0.317 e. The van der Waals surface area contributed by atoms with Crippen LogP contribution in [0.1, 0.15) is 30.9 Å². The lowest BCUT2D eigenvalue weighted by Crippen LogP contribution is -2.48. The third kappa shape index (κ3) is 3.73. The molecule has 110 valence electrons. The molecule has 0 unspecified atom stereocenters. The summed E-state index contributed by atoms with van der Waals surface area (Å²) in [6, 6.07) is 5.95. The van der Waals surface area contributed by atoms with Gasteiger partial charge in [0.15, 0.2) is 0 Å². The SMILES string of the molecule is Cc1cccc(CNC(=O)N2CCC(C)(O)CC2)c1Br. The maximum atomic E-state index is 12.1. The molecule has 4 nitrogen and oxygen atoms in total. The van der Waals surface area contributed by atoms with Crippen LogP contribution >= 0.6 is 15.9 Å². The van der Waals surface area contributed by atoms with Crippen LogP contribution in [-0.2, 0) is 6.54 Å². The monoisotopic (exact) mass is 340 g/mol. The summed E-state index contributed by atoms with van der Waals surface area (Å²) in [5, 5.41) is 12.8. The zero-order valence-electron chi connectivity index (χ0n) is 11.9. The van der Waals surface area contributed by atoms with Gasteiger partial charge in [-0.3, -0.25) is 0 Å². The van der Waals surface area contributed by atoms with Gasteiger partial charge in [0.1, 0.15) is 0 Å². The van der Waals surface area contributed by atoms with Gasteiger partial charge < -0.3 is 15.3 Å². The molecule has 1 aromatic rings. The maximum absolute atomic E-state index is 12.1. The number of carbonyl (C=O) groups excluding carboxylic acids is 1. The molecule has 0 atom stereocenters. The van der Waals surface area contributed by atoms with Gasteiger partial charge in [0, 0.05) is 24.1 Å². The summed E-state index contributed by atoms with van der Waals surface area (Å²) in [5.41, 5.74) is 1.60. The second kappa shape index (κ2) is 6.14. The fourth-order valence-electron chi connectivity index (χ4n) is 2.32. The number of aryl methyl sites for hydroxylation is 1. The summed E-state index contributed by atoms with van der Waals surface area (Å²) in [7, 11) is 0. The van der Waals surface area contributed by atoms with Crippen molar-refractivity contribution in [3.05, 3.63) is 33.8 Å². The van der Waals surface area contributed by atoms with E-state index in [1.54, 1.807) is 4.90 Å². The highest BCUT2D eigenvalue weighted by molar-refractivity contribution is 9.10. The molecule has 0 aromatic heterocycles. The van der Waals surface area contributed by atoms with Gasteiger partial charge in [0.05, 0.1) is 5.60 Å². The Bertz CT molecular complexity index is 493. The molecular weight excluding hydrogens is 320 g/mol. The molecule has 2 N–H and O–H groups in total. The Labute approximate surface area is 128 Å². The van der Waals surface area contributed by atoms with E-state index in [2.05, 4.69) is 21.2 Å². The van der Waals surface area contributed by atoms with Crippen LogP contribution in [0.25, 0.3) is 0 Å². The van der Waals surface area contributed by atoms with E-state index in [0.717, 1.165) is 15.6 Å². The topological polar surface area (TPSA) is 52.6 Å². The number of piperidine rings is 1. The number of hydrogen-bond donors (Lipinski definition) is 2. The lowest BCUT2D eigenvalue weighted by molar-refractivity contribution is 0.00436.